The van der Waals surface area contributed by atoms with Crippen LogP contribution in [0.25, 0.3) is 0 Å². The summed E-state index contributed by atoms with van der Waals surface area (Å²) in [5.74, 6) is -38.2. The van der Waals surface area contributed by atoms with Crippen molar-refractivity contribution in [3.63, 3.8) is 0 Å². The van der Waals surface area contributed by atoms with Crippen LogP contribution >= 0.6 is 0 Å². The fraction of sp³-hybridized carbons (Fsp3) is 0.486. The van der Waals surface area contributed by atoms with Crippen LogP contribution in [0.1, 0.15) is 31.9 Å². The van der Waals surface area contributed by atoms with Crippen molar-refractivity contribution in [3.05, 3.63) is 83.9 Å². The molecule has 2 aliphatic heterocycles. The van der Waals surface area contributed by atoms with Gasteiger partial charge in [0.15, 0.2) is 32.4 Å². The Morgan fingerprint density at radius 3 is 1.12 bits per heavy atom. The highest BCUT2D eigenvalue weighted by Gasteiger charge is 2.74. The molecule has 0 saturated carbocycles. The largest absolute Gasteiger partial charge is 0.483 e. The minimum atomic E-state index is -5.90. The van der Waals surface area contributed by atoms with Crippen LogP contribution in [-0.4, -0.2) is 86.3 Å². The number of benzene rings is 3. The van der Waals surface area contributed by atoms with Crippen LogP contribution in [0.5, 0.6) is 5.75 Å². The first kappa shape index (κ1) is 46.6. The van der Waals surface area contributed by atoms with Gasteiger partial charge in [0, 0.05) is 11.1 Å². The van der Waals surface area contributed by atoms with Crippen LogP contribution in [0.2, 0.25) is 0 Å². The van der Waals surface area contributed by atoms with Crippen LogP contribution in [0.4, 0.5) is 61.5 Å². The SMILES string of the molecule is CC(Oc1ccc([S+](c2ccc(C3(C)OCC(F)(F)C(F)(F)C(F)(F)CO3)cc2)c2ccc(C3(C)OCC(F)(F)C(F)(F)C(F)(F)CO3)cc2)cc1)C(F)(F)S(=O)(=O)O. The van der Waals surface area contributed by atoms with Gasteiger partial charge in [-0.05, 0) is 93.6 Å². The van der Waals surface area contributed by atoms with Crippen molar-refractivity contribution in [3.8, 4) is 5.75 Å². The molecule has 2 heterocycles. The molecule has 1 unspecified atom stereocenters. The summed E-state index contributed by atoms with van der Waals surface area (Å²) in [6, 6.07) is 14.7. The van der Waals surface area contributed by atoms with Gasteiger partial charge in [-0.1, -0.05) is 0 Å². The van der Waals surface area contributed by atoms with Gasteiger partial charge < -0.3 is 23.7 Å². The number of hydrogen-bond donors (Lipinski definition) is 1. The monoisotopic (exact) mass is 909 g/mol. The lowest BCUT2D eigenvalue weighted by atomic mass is 10.0. The number of ether oxygens (including phenoxy) is 5. The summed E-state index contributed by atoms with van der Waals surface area (Å²) in [5, 5.41) is -4.74. The van der Waals surface area contributed by atoms with E-state index in [0.29, 0.717) is 11.8 Å². The minimum absolute atomic E-state index is 0.208. The highest BCUT2D eigenvalue weighted by molar-refractivity contribution is 7.97. The van der Waals surface area contributed by atoms with E-state index in [9.17, 15) is 69.9 Å². The molecule has 2 fully saturated rings. The molecule has 0 bridgehead atoms. The van der Waals surface area contributed by atoms with Gasteiger partial charge in [0.05, 0.1) is 10.9 Å². The van der Waals surface area contributed by atoms with Gasteiger partial charge in [-0.15, -0.1) is 0 Å². The third kappa shape index (κ3) is 8.46. The van der Waals surface area contributed by atoms with E-state index in [-0.39, 0.29) is 26.7 Å². The first-order chi connectivity index (χ1) is 26.7. The van der Waals surface area contributed by atoms with Crippen molar-refractivity contribution in [2.75, 3.05) is 26.4 Å². The van der Waals surface area contributed by atoms with Gasteiger partial charge in [0.25, 0.3) is 0 Å². The standard InChI is InChI=1S/C35H30F14O8S2/c1-20(33(44,45)59(50,51)52)57-23-8-14-26(15-9-23)58(24-10-4-21(5-11-24)27(2)53-16-29(36,37)34(46,47)30(38,39)17-54-27)25-12-6-22(7-13-25)28(3)55-18-31(40,41)35(48,49)32(42,43)19-56-28/h4-15,20H,16-19H2,1-3H3/p+1. The molecule has 328 valence electrons. The smallest absolute Gasteiger partial charge is 0.405 e. The fourth-order valence-corrected chi connectivity index (χ4v) is 8.07. The lowest BCUT2D eigenvalue weighted by molar-refractivity contribution is -0.387. The van der Waals surface area contributed by atoms with Crippen molar-refractivity contribution >= 4 is 21.0 Å². The number of hydrogen-bond acceptors (Lipinski definition) is 7. The molecule has 24 heteroatoms. The Labute approximate surface area is 328 Å². The molecule has 59 heavy (non-hydrogen) atoms. The molecule has 0 aliphatic carbocycles. The second kappa shape index (κ2) is 15.2. The maximum atomic E-state index is 14.2. The highest BCUT2D eigenvalue weighted by atomic mass is 32.2. The Hall–Kier alpha value is -3.42. The van der Waals surface area contributed by atoms with Crippen LogP contribution < -0.4 is 4.74 Å². The maximum absolute atomic E-state index is 14.2. The first-order valence-electron chi connectivity index (χ1n) is 16.6. The Morgan fingerprint density at radius 1 is 0.576 bits per heavy atom. The van der Waals surface area contributed by atoms with Gasteiger partial charge >= 0.3 is 50.9 Å². The Kier molecular flexibility index (Phi) is 12.0. The molecule has 0 spiro atoms. The quantitative estimate of drug-likeness (QED) is 0.129. The molecule has 1 atom stereocenters. The normalized spacial score (nSPS) is 23.8. The van der Waals surface area contributed by atoms with E-state index in [4.69, 9.17) is 28.2 Å². The molecule has 3 aromatic carbocycles. The average molecular weight is 910 g/mol. The molecule has 3 aromatic rings. The summed E-state index contributed by atoms with van der Waals surface area (Å²) in [7, 11) is -7.28. The van der Waals surface area contributed by atoms with Gasteiger partial charge in [-0.2, -0.15) is 69.9 Å². The van der Waals surface area contributed by atoms with Crippen molar-refractivity contribution in [2.24, 2.45) is 0 Å². The van der Waals surface area contributed by atoms with Crippen LogP contribution in [0.3, 0.4) is 0 Å². The molecule has 0 aromatic heterocycles. The zero-order chi connectivity index (χ0) is 44.5. The van der Waals surface area contributed by atoms with Crippen LogP contribution in [-0.2, 0) is 51.5 Å². The minimum Gasteiger partial charge on any atom is -0.483 e. The predicted molar refractivity (Wildman–Crippen MR) is 176 cm³/mol. The molecule has 0 amide bonds. The molecule has 1 N–H and O–H groups in total. The summed E-state index contributed by atoms with van der Waals surface area (Å²) < 4.78 is 254. The lowest BCUT2D eigenvalue weighted by Gasteiger charge is -2.40. The summed E-state index contributed by atoms with van der Waals surface area (Å²) in [5.41, 5.74) is -0.416. The maximum Gasteiger partial charge on any atom is 0.405 e. The van der Waals surface area contributed by atoms with Gasteiger partial charge in [0.1, 0.15) is 32.2 Å². The molecule has 5 rings (SSSR count). The third-order valence-electron chi connectivity index (χ3n) is 9.37. The molecular formula is C35H31F14O8S2+. The summed E-state index contributed by atoms with van der Waals surface area (Å²) in [6.45, 7) is -6.22. The molecule has 0 radical (unpaired) electrons. The van der Waals surface area contributed by atoms with Gasteiger partial charge in [0.2, 0.25) is 0 Å². The van der Waals surface area contributed by atoms with E-state index in [1.807, 2.05) is 0 Å². The fourth-order valence-electron chi connectivity index (χ4n) is 5.56. The molecule has 2 saturated heterocycles. The van der Waals surface area contributed by atoms with E-state index in [1.54, 1.807) is 0 Å². The van der Waals surface area contributed by atoms with E-state index in [1.165, 1.54) is 36.4 Å². The van der Waals surface area contributed by atoms with Crippen molar-refractivity contribution < 1.29 is 98.1 Å². The summed E-state index contributed by atoms with van der Waals surface area (Å²) in [6.07, 6.45) is -2.41. The van der Waals surface area contributed by atoms with E-state index in [0.717, 1.165) is 50.2 Å². The second-order valence-electron chi connectivity index (χ2n) is 13.6. The summed E-state index contributed by atoms with van der Waals surface area (Å²) in [4.78, 5) is 0.859. The Bertz CT molecular complexity index is 1940. The zero-order valence-electron chi connectivity index (χ0n) is 30.2. The number of halogens is 14. The molecular weight excluding hydrogens is 878 g/mol. The first-order valence-corrected chi connectivity index (χ1v) is 19.3. The molecule has 8 nitrogen and oxygen atoms in total. The summed E-state index contributed by atoms with van der Waals surface area (Å²) >= 11 is 0. The number of rotatable bonds is 9. The van der Waals surface area contributed by atoms with Crippen molar-refractivity contribution in [2.45, 2.75) is 93.9 Å². The highest BCUT2D eigenvalue weighted by Crippen LogP contribution is 2.51. The molecule has 2 aliphatic rings. The Morgan fingerprint density at radius 2 is 0.847 bits per heavy atom. The topological polar surface area (TPSA) is 101 Å². The zero-order valence-corrected chi connectivity index (χ0v) is 31.9. The third-order valence-corrected chi connectivity index (χ3v) is 12.6. The number of alkyl halides is 14. The van der Waals surface area contributed by atoms with Crippen LogP contribution in [0, 0.1) is 0 Å². The van der Waals surface area contributed by atoms with E-state index >= 15 is 0 Å². The van der Waals surface area contributed by atoms with Crippen molar-refractivity contribution in [1.82, 2.24) is 0 Å². The van der Waals surface area contributed by atoms with Crippen molar-refractivity contribution in [1.29, 1.82) is 0 Å². The second-order valence-corrected chi connectivity index (χ2v) is 17.2. The van der Waals surface area contributed by atoms with Gasteiger partial charge in [-0.25, -0.2) is 0 Å². The average Bonchev–Trinajstić information content (AvgIpc) is 3.15. The van der Waals surface area contributed by atoms with Gasteiger partial charge in [-0.3, -0.25) is 4.55 Å². The van der Waals surface area contributed by atoms with Crippen LogP contribution in [0.15, 0.2) is 87.5 Å². The Balaban J connectivity index is 1.52. The van der Waals surface area contributed by atoms with E-state index in [2.05, 4.69) is 0 Å². The van der Waals surface area contributed by atoms with E-state index < -0.39 is 106 Å². The lowest BCUT2D eigenvalue weighted by Crippen LogP contribution is -2.61. The predicted octanol–water partition coefficient (Wildman–Crippen LogP) is 9.28.